The van der Waals surface area contributed by atoms with Crippen molar-refractivity contribution in [3.8, 4) is 0 Å². The number of carbonyl (C=O) groups is 1. The quantitative estimate of drug-likeness (QED) is 0.636. The number of anilines is 1. The second-order valence-electron chi connectivity index (χ2n) is 3.95. The topological polar surface area (TPSA) is 41.1 Å². The van der Waals surface area contributed by atoms with E-state index >= 15 is 0 Å². The lowest BCUT2D eigenvalue weighted by Gasteiger charge is -2.26. The van der Waals surface area contributed by atoms with Crippen molar-refractivity contribution in [3.63, 3.8) is 0 Å². The van der Waals surface area contributed by atoms with E-state index in [0.717, 1.165) is 18.8 Å². The Bertz CT molecular complexity index is 389. The van der Waals surface area contributed by atoms with Crippen molar-refractivity contribution in [2.75, 3.05) is 18.4 Å². The molecular weight excluding hydrogens is 176 g/mol. The molecule has 72 valence electrons. The summed E-state index contributed by atoms with van der Waals surface area (Å²) in [7, 11) is 0. The molecule has 0 bridgehead atoms. The summed E-state index contributed by atoms with van der Waals surface area (Å²) >= 11 is 0. The van der Waals surface area contributed by atoms with Gasteiger partial charge in [0.15, 0.2) is 0 Å². The van der Waals surface area contributed by atoms with Crippen molar-refractivity contribution in [2.24, 2.45) is 5.92 Å². The van der Waals surface area contributed by atoms with Crippen LogP contribution in [-0.2, 0) is 4.79 Å². The summed E-state index contributed by atoms with van der Waals surface area (Å²) < 4.78 is 0. The van der Waals surface area contributed by atoms with E-state index in [2.05, 4.69) is 16.7 Å². The third kappa shape index (κ3) is 0.990. The van der Waals surface area contributed by atoms with Crippen molar-refractivity contribution in [3.05, 3.63) is 29.8 Å². The molecule has 0 aromatic heterocycles. The average Bonchev–Trinajstić information content (AvgIpc) is 2.67. The number of rotatable bonds is 0. The molecule has 1 aromatic carbocycles. The third-order valence-electron chi connectivity index (χ3n) is 3.17. The molecule has 0 spiro atoms. The standard InChI is InChI=1S/C11H12N2O/c14-11-9-6-12-5-8(9)7-3-1-2-4-10(7)13-11/h1-4,8-9,12H,5-6H2,(H,13,14)/t8-,9+/m0/s1. The van der Waals surface area contributed by atoms with E-state index in [9.17, 15) is 4.79 Å². The van der Waals surface area contributed by atoms with Crippen LogP contribution in [0.15, 0.2) is 24.3 Å². The molecule has 14 heavy (non-hydrogen) atoms. The van der Waals surface area contributed by atoms with Crippen LogP contribution in [0.2, 0.25) is 0 Å². The van der Waals surface area contributed by atoms with Crippen LogP contribution in [0.25, 0.3) is 0 Å². The molecule has 0 unspecified atom stereocenters. The minimum atomic E-state index is 0.130. The summed E-state index contributed by atoms with van der Waals surface area (Å²) in [6.45, 7) is 1.74. The van der Waals surface area contributed by atoms with Crippen LogP contribution in [0.3, 0.4) is 0 Å². The van der Waals surface area contributed by atoms with Gasteiger partial charge in [-0.25, -0.2) is 0 Å². The largest absolute Gasteiger partial charge is 0.326 e. The molecule has 1 aromatic rings. The second-order valence-corrected chi connectivity index (χ2v) is 3.95. The minimum Gasteiger partial charge on any atom is -0.326 e. The van der Waals surface area contributed by atoms with E-state index in [0.29, 0.717) is 5.92 Å². The smallest absolute Gasteiger partial charge is 0.229 e. The van der Waals surface area contributed by atoms with Gasteiger partial charge in [0, 0.05) is 24.7 Å². The molecular formula is C11H12N2O. The average molecular weight is 188 g/mol. The summed E-state index contributed by atoms with van der Waals surface area (Å²) in [6.07, 6.45) is 0. The molecule has 1 saturated heterocycles. The highest BCUT2D eigenvalue weighted by atomic mass is 16.2. The Hall–Kier alpha value is -1.35. The van der Waals surface area contributed by atoms with Gasteiger partial charge in [-0.05, 0) is 11.6 Å². The molecule has 2 aliphatic rings. The molecule has 0 aliphatic carbocycles. The van der Waals surface area contributed by atoms with E-state index < -0.39 is 0 Å². The second kappa shape index (κ2) is 2.82. The SMILES string of the molecule is O=C1Nc2ccccc2[C@@H]2CNC[C@@H]12. The van der Waals surface area contributed by atoms with Gasteiger partial charge in [0.05, 0.1) is 5.92 Å². The summed E-state index contributed by atoms with van der Waals surface area (Å²) in [5, 5.41) is 6.23. The van der Waals surface area contributed by atoms with Crippen molar-refractivity contribution in [2.45, 2.75) is 5.92 Å². The highest BCUT2D eigenvalue weighted by molar-refractivity contribution is 5.97. The number of amides is 1. The zero-order valence-corrected chi connectivity index (χ0v) is 7.79. The van der Waals surface area contributed by atoms with Crippen molar-refractivity contribution < 1.29 is 4.79 Å². The lowest BCUT2D eigenvalue weighted by Crippen LogP contribution is -2.32. The van der Waals surface area contributed by atoms with Crippen LogP contribution in [0.4, 0.5) is 5.69 Å². The first-order chi connectivity index (χ1) is 6.86. The molecule has 3 rings (SSSR count). The van der Waals surface area contributed by atoms with E-state index in [1.807, 2.05) is 18.2 Å². The number of hydrogen-bond donors (Lipinski definition) is 2. The Kier molecular flexibility index (Phi) is 1.61. The highest BCUT2D eigenvalue weighted by Gasteiger charge is 2.38. The molecule has 0 radical (unpaired) electrons. The van der Waals surface area contributed by atoms with Crippen molar-refractivity contribution in [1.29, 1.82) is 0 Å². The van der Waals surface area contributed by atoms with Crippen LogP contribution in [0.5, 0.6) is 0 Å². The number of carbonyl (C=O) groups excluding carboxylic acids is 1. The molecule has 3 heteroatoms. The molecule has 2 heterocycles. The fourth-order valence-corrected chi connectivity index (χ4v) is 2.44. The summed E-state index contributed by atoms with van der Waals surface area (Å²) in [4.78, 5) is 11.7. The Morgan fingerprint density at radius 3 is 2.86 bits per heavy atom. The number of fused-ring (bicyclic) bond motifs is 3. The normalized spacial score (nSPS) is 29.3. The van der Waals surface area contributed by atoms with Crippen LogP contribution >= 0.6 is 0 Å². The fourth-order valence-electron chi connectivity index (χ4n) is 2.44. The summed E-state index contributed by atoms with van der Waals surface area (Å²) in [5.74, 6) is 0.670. The first kappa shape index (κ1) is 8.00. The molecule has 2 aliphatic heterocycles. The van der Waals surface area contributed by atoms with Gasteiger partial charge in [-0.3, -0.25) is 4.79 Å². The first-order valence-electron chi connectivity index (χ1n) is 4.97. The zero-order valence-electron chi connectivity index (χ0n) is 7.79. The van der Waals surface area contributed by atoms with E-state index in [-0.39, 0.29) is 11.8 Å². The predicted octanol–water partition coefficient (Wildman–Crippen LogP) is 0.942. The number of nitrogens with one attached hydrogen (secondary N) is 2. The van der Waals surface area contributed by atoms with Gasteiger partial charge in [-0.2, -0.15) is 0 Å². The monoisotopic (exact) mass is 188 g/mol. The summed E-state index contributed by atoms with van der Waals surface area (Å²) in [5.41, 5.74) is 2.27. The number of para-hydroxylation sites is 1. The van der Waals surface area contributed by atoms with Gasteiger partial charge in [0.25, 0.3) is 0 Å². The molecule has 2 atom stereocenters. The van der Waals surface area contributed by atoms with Crippen LogP contribution in [0.1, 0.15) is 11.5 Å². The minimum absolute atomic E-state index is 0.130. The van der Waals surface area contributed by atoms with Crippen molar-refractivity contribution in [1.82, 2.24) is 5.32 Å². The zero-order chi connectivity index (χ0) is 9.54. The molecule has 1 fully saturated rings. The van der Waals surface area contributed by atoms with Crippen LogP contribution < -0.4 is 10.6 Å². The Morgan fingerprint density at radius 2 is 1.93 bits per heavy atom. The fraction of sp³-hybridized carbons (Fsp3) is 0.364. The maximum atomic E-state index is 11.7. The lowest BCUT2D eigenvalue weighted by molar-refractivity contribution is -0.120. The van der Waals surface area contributed by atoms with Gasteiger partial charge in [-0.15, -0.1) is 0 Å². The van der Waals surface area contributed by atoms with Crippen molar-refractivity contribution >= 4 is 11.6 Å². The maximum absolute atomic E-state index is 11.7. The van der Waals surface area contributed by atoms with Gasteiger partial charge in [-0.1, -0.05) is 18.2 Å². The van der Waals surface area contributed by atoms with E-state index in [4.69, 9.17) is 0 Å². The van der Waals surface area contributed by atoms with Gasteiger partial charge < -0.3 is 10.6 Å². The van der Waals surface area contributed by atoms with E-state index in [1.54, 1.807) is 0 Å². The highest BCUT2D eigenvalue weighted by Crippen LogP contribution is 2.37. The first-order valence-corrected chi connectivity index (χ1v) is 4.97. The van der Waals surface area contributed by atoms with Crippen LogP contribution in [0, 0.1) is 5.92 Å². The molecule has 1 amide bonds. The van der Waals surface area contributed by atoms with Crippen LogP contribution in [-0.4, -0.2) is 19.0 Å². The molecule has 2 N–H and O–H groups in total. The summed E-state index contributed by atoms with van der Waals surface area (Å²) in [6, 6.07) is 8.08. The Balaban J connectivity index is 2.11. The van der Waals surface area contributed by atoms with Gasteiger partial charge >= 0.3 is 0 Å². The predicted molar refractivity (Wildman–Crippen MR) is 54.2 cm³/mol. The number of hydrogen-bond acceptors (Lipinski definition) is 2. The Labute approximate surface area is 82.5 Å². The molecule has 3 nitrogen and oxygen atoms in total. The third-order valence-corrected chi connectivity index (χ3v) is 3.17. The van der Waals surface area contributed by atoms with E-state index in [1.165, 1.54) is 5.56 Å². The Morgan fingerprint density at radius 1 is 1.14 bits per heavy atom. The van der Waals surface area contributed by atoms with Gasteiger partial charge in [0.1, 0.15) is 0 Å². The maximum Gasteiger partial charge on any atom is 0.229 e. The van der Waals surface area contributed by atoms with Gasteiger partial charge in [0.2, 0.25) is 5.91 Å². The lowest BCUT2D eigenvalue weighted by atomic mass is 9.84. The molecule has 0 saturated carbocycles. The number of benzene rings is 1.